The Morgan fingerprint density at radius 1 is 1.77 bits per heavy atom. The second-order valence-corrected chi connectivity index (χ2v) is 2.92. The van der Waals surface area contributed by atoms with Gasteiger partial charge in [-0.15, -0.1) is 0 Å². The van der Waals surface area contributed by atoms with Crippen molar-refractivity contribution in [2.45, 2.75) is 18.9 Å². The predicted octanol–water partition coefficient (Wildman–Crippen LogP) is 0.0761. The van der Waals surface area contributed by atoms with Gasteiger partial charge in [-0.3, -0.25) is 4.79 Å². The van der Waals surface area contributed by atoms with E-state index in [0.29, 0.717) is 13.0 Å². The summed E-state index contributed by atoms with van der Waals surface area (Å²) in [5, 5.41) is 11.8. The van der Waals surface area contributed by atoms with Gasteiger partial charge in [0.05, 0.1) is 18.8 Å². The summed E-state index contributed by atoms with van der Waals surface area (Å²) in [6.07, 6.45) is 1.78. The maximum atomic E-state index is 11.0. The molecule has 0 aliphatic carbocycles. The highest BCUT2D eigenvalue weighted by molar-refractivity contribution is 5.87. The van der Waals surface area contributed by atoms with Crippen LogP contribution in [0, 0.1) is 0 Å². The number of nitrogens with one attached hydrogen (secondary N) is 1. The normalized spacial score (nSPS) is 14.7. The van der Waals surface area contributed by atoms with Gasteiger partial charge in [0.25, 0.3) is 0 Å². The first-order chi connectivity index (χ1) is 6.14. The highest BCUT2D eigenvalue weighted by Crippen LogP contribution is 2.09. The summed E-state index contributed by atoms with van der Waals surface area (Å²) in [5.74, 6) is -0.298. The van der Waals surface area contributed by atoms with Gasteiger partial charge in [-0.25, -0.2) is 0 Å². The molecule has 76 valence electrons. The molecule has 0 heterocycles. The minimum absolute atomic E-state index is 0.142. The first kappa shape index (κ1) is 12.1. The van der Waals surface area contributed by atoms with Crippen molar-refractivity contribution in [3.05, 3.63) is 12.7 Å². The molecule has 0 bridgehead atoms. The number of methoxy groups -OCH3 is 1. The van der Waals surface area contributed by atoms with Crippen LogP contribution in [0.1, 0.15) is 13.3 Å². The number of aliphatic hydroxyl groups excluding tert-OH is 1. The van der Waals surface area contributed by atoms with E-state index in [4.69, 9.17) is 9.84 Å². The molecule has 4 nitrogen and oxygen atoms in total. The smallest absolute Gasteiger partial charge is 0.243 e. The monoisotopic (exact) mass is 187 g/mol. The quantitative estimate of drug-likeness (QED) is 0.579. The topological polar surface area (TPSA) is 58.6 Å². The molecule has 13 heavy (non-hydrogen) atoms. The molecular weight excluding hydrogens is 170 g/mol. The number of carbonyl (C=O) groups excluding carboxylic acids is 1. The minimum atomic E-state index is -0.681. The van der Waals surface area contributed by atoms with Crippen LogP contribution in [0.15, 0.2) is 12.7 Å². The zero-order valence-corrected chi connectivity index (χ0v) is 8.17. The van der Waals surface area contributed by atoms with Gasteiger partial charge in [-0.1, -0.05) is 13.5 Å². The lowest BCUT2D eigenvalue weighted by molar-refractivity contribution is -0.120. The SMILES string of the molecule is C=CC(=O)NC(CC)(CO)COC. The number of aliphatic hydroxyl groups is 1. The van der Waals surface area contributed by atoms with Crippen molar-refractivity contribution in [1.82, 2.24) is 5.32 Å². The largest absolute Gasteiger partial charge is 0.394 e. The molecule has 0 spiro atoms. The molecule has 0 rings (SSSR count). The highest BCUT2D eigenvalue weighted by atomic mass is 16.5. The molecule has 0 aromatic rings. The van der Waals surface area contributed by atoms with Crippen molar-refractivity contribution in [2.24, 2.45) is 0 Å². The lowest BCUT2D eigenvalue weighted by Crippen LogP contribution is -2.53. The zero-order valence-electron chi connectivity index (χ0n) is 8.17. The minimum Gasteiger partial charge on any atom is -0.394 e. The summed E-state index contributed by atoms with van der Waals surface area (Å²) < 4.78 is 4.93. The van der Waals surface area contributed by atoms with Crippen molar-refractivity contribution >= 4 is 5.91 Å². The third-order valence-electron chi connectivity index (χ3n) is 1.97. The van der Waals surface area contributed by atoms with Crippen LogP contribution in [0.5, 0.6) is 0 Å². The number of hydrogen-bond acceptors (Lipinski definition) is 3. The van der Waals surface area contributed by atoms with Crippen LogP contribution in [-0.4, -0.2) is 36.9 Å². The molecule has 1 amide bonds. The van der Waals surface area contributed by atoms with E-state index >= 15 is 0 Å². The fourth-order valence-electron chi connectivity index (χ4n) is 1.01. The molecule has 2 N–H and O–H groups in total. The Morgan fingerprint density at radius 3 is 2.69 bits per heavy atom. The van der Waals surface area contributed by atoms with Crippen LogP contribution in [0.25, 0.3) is 0 Å². The Morgan fingerprint density at radius 2 is 2.38 bits per heavy atom. The van der Waals surface area contributed by atoms with Gasteiger partial charge >= 0.3 is 0 Å². The van der Waals surface area contributed by atoms with Crippen molar-refractivity contribution in [3.63, 3.8) is 0 Å². The number of rotatable bonds is 6. The van der Waals surface area contributed by atoms with Crippen LogP contribution in [0.2, 0.25) is 0 Å². The molecule has 1 atom stereocenters. The van der Waals surface area contributed by atoms with E-state index in [1.54, 1.807) is 0 Å². The van der Waals surface area contributed by atoms with Crippen LogP contribution in [0.4, 0.5) is 0 Å². The summed E-state index contributed by atoms with van der Waals surface area (Å²) >= 11 is 0. The molecule has 0 saturated carbocycles. The van der Waals surface area contributed by atoms with E-state index < -0.39 is 5.54 Å². The van der Waals surface area contributed by atoms with Gasteiger partial charge in [-0.05, 0) is 12.5 Å². The molecule has 0 saturated heterocycles. The summed E-state index contributed by atoms with van der Waals surface area (Å²) in [5.41, 5.74) is -0.681. The van der Waals surface area contributed by atoms with E-state index in [-0.39, 0.29) is 12.5 Å². The van der Waals surface area contributed by atoms with Crippen LogP contribution in [-0.2, 0) is 9.53 Å². The van der Waals surface area contributed by atoms with Gasteiger partial charge in [-0.2, -0.15) is 0 Å². The first-order valence-corrected chi connectivity index (χ1v) is 4.18. The first-order valence-electron chi connectivity index (χ1n) is 4.18. The Hall–Kier alpha value is -0.870. The van der Waals surface area contributed by atoms with E-state index in [1.807, 2.05) is 6.92 Å². The average Bonchev–Trinajstić information content (AvgIpc) is 2.17. The van der Waals surface area contributed by atoms with Crippen LogP contribution >= 0.6 is 0 Å². The van der Waals surface area contributed by atoms with Gasteiger partial charge in [0.1, 0.15) is 0 Å². The molecule has 0 radical (unpaired) electrons. The maximum absolute atomic E-state index is 11.0. The highest BCUT2D eigenvalue weighted by Gasteiger charge is 2.28. The van der Waals surface area contributed by atoms with Crippen LogP contribution in [0.3, 0.4) is 0 Å². The number of hydrogen-bond donors (Lipinski definition) is 2. The predicted molar refractivity (Wildman–Crippen MR) is 50.3 cm³/mol. The fraction of sp³-hybridized carbons (Fsp3) is 0.667. The Kier molecular flexibility index (Phi) is 5.34. The molecule has 0 fully saturated rings. The molecular formula is C9H17NO3. The fourth-order valence-corrected chi connectivity index (χ4v) is 1.01. The Balaban J connectivity index is 4.36. The molecule has 0 aliphatic heterocycles. The molecule has 0 aliphatic rings. The Labute approximate surface area is 78.6 Å². The second-order valence-electron chi connectivity index (χ2n) is 2.92. The maximum Gasteiger partial charge on any atom is 0.243 e. The van der Waals surface area contributed by atoms with Crippen molar-refractivity contribution < 1.29 is 14.6 Å². The van der Waals surface area contributed by atoms with Crippen molar-refractivity contribution in [1.29, 1.82) is 0 Å². The van der Waals surface area contributed by atoms with Gasteiger partial charge < -0.3 is 15.2 Å². The molecule has 0 aromatic heterocycles. The van der Waals surface area contributed by atoms with E-state index in [2.05, 4.69) is 11.9 Å². The van der Waals surface area contributed by atoms with Crippen LogP contribution < -0.4 is 5.32 Å². The molecule has 4 heteroatoms. The van der Waals surface area contributed by atoms with Gasteiger partial charge in [0.15, 0.2) is 0 Å². The lowest BCUT2D eigenvalue weighted by Gasteiger charge is -2.30. The third kappa shape index (κ3) is 3.57. The van der Waals surface area contributed by atoms with Gasteiger partial charge in [0, 0.05) is 7.11 Å². The summed E-state index contributed by atoms with van der Waals surface area (Å²) in [4.78, 5) is 11.0. The summed E-state index contributed by atoms with van der Waals surface area (Å²) in [7, 11) is 1.53. The lowest BCUT2D eigenvalue weighted by atomic mass is 9.98. The zero-order chi connectivity index (χ0) is 10.3. The standard InChI is InChI=1S/C9H17NO3/c1-4-8(12)10-9(5-2,6-11)7-13-3/h4,11H,1,5-7H2,2-3H3,(H,10,12). The second kappa shape index (κ2) is 5.72. The van der Waals surface area contributed by atoms with Crippen molar-refractivity contribution in [3.8, 4) is 0 Å². The number of carbonyl (C=O) groups is 1. The summed E-state index contributed by atoms with van der Waals surface area (Å²) in [6, 6.07) is 0. The van der Waals surface area contributed by atoms with E-state index in [9.17, 15) is 4.79 Å². The average molecular weight is 187 g/mol. The third-order valence-corrected chi connectivity index (χ3v) is 1.97. The number of amides is 1. The number of ether oxygens (including phenoxy) is 1. The molecule has 1 unspecified atom stereocenters. The molecule has 0 aromatic carbocycles. The van der Waals surface area contributed by atoms with E-state index in [1.165, 1.54) is 13.2 Å². The summed E-state index contributed by atoms with van der Waals surface area (Å²) in [6.45, 7) is 5.36. The van der Waals surface area contributed by atoms with Crippen molar-refractivity contribution in [2.75, 3.05) is 20.3 Å². The Bertz CT molecular complexity index is 176. The van der Waals surface area contributed by atoms with E-state index in [0.717, 1.165) is 0 Å². The van der Waals surface area contributed by atoms with Gasteiger partial charge in [0.2, 0.25) is 5.91 Å².